The van der Waals surface area contributed by atoms with Gasteiger partial charge in [-0.25, -0.2) is 4.98 Å². The maximum absolute atomic E-state index is 4.98. The number of anilines is 2. The number of H-pyrrole nitrogens is 1. The van der Waals surface area contributed by atoms with E-state index in [0.29, 0.717) is 5.92 Å². The number of aromatic amines is 1. The molecule has 1 unspecified atom stereocenters. The fourth-order valence-electron chi connectivity index (χ4n) is 3.57. The lowest BCUT2D eigenvalue weighted by molar-refractivity contribution is 0.455. The molecule has 27 heavy (non-hydrogen) atoms. The van der Waals surface area contributed by atoms with E-state index in [-0.39, 0.29) is 0 Å². The maximum atomic E-state index is 4.98. The second-order valence-electron chi connectivity index (χ2n) is 6.76. The van der Waals surface area contributed by atoms with Crippen LogP contribution < -0.4 is 10.6 Å². The van der Waals surface area contributed by atoms with Crippen LogP contribution in [0.1, 0.15) is 24.5 Å². The molecule has 136 valence electrons. The van der Waals surface area contributed by atoms with E-state index in [2.05, 4.69) is 37.0 Å². The molecule has 0 spiro atoms. The van der Waals surface area contributed by atoms with E-state index in [9.17, 15) is 0 Å². The van der Waals surface area contributed by atoms with Crippen molar-refractivity contribution in [3.63, 3.8) is 0 Å². The Morgan fingerprint density at radius 2 is 2.22 bits per heavy atom. The first-order valence-electron chi connectivity index (χ1n) is 9.14. The lowest BCUT2D eigenvalue weighted by atomic mass is 9.96. The molecule has 5 heterocycles. The van der Waals surface area contributed by atoms with Crippen LogP contribution >= 0.6 is 0 Å². The standard InChI is InChI=1S/C19H20N8/c1-3-13(8-20-5-1)17-7-18(25-15-4-2-6-21-11-15)27-19(26-17)16(12-24-27)14-9-22-23-10-14/h2,4,6-7,9-13,20,25H,1,3,5,8H2,(H,22,23). The lowest BCUT2D eigenvalue weighted by Crippen LogP contribution is -2.29. The summed E-state index contributed by atoms with van der Waals surface area (Å²) in [6.07, 6.45) is 11.4. The van der Waals surface area contributed by atoms with Crippen LogP contribution in [0.2, 0.25) is 0 Å². The molecule has 4 aromatic rings. The Balaban J connectivity index is 1.65. The number of nitrogens with zero attached hydrogens (tertiary/aromatic N) is 5. The fraction of sp³-hybridized carbons (Fsp3) is 0.263. The summed E-state index contributed by atoms with van der Waals surface area (Å²) in [4.78, 5) is 9.17. The molecule has 3 N–H and O–H groups in total. The monoisotopic (exact) mass is 360 g/mol. The molecule has 0 radical (unpaired) electrons. The van der Waals surface area contributed by atoms with Gasteiger partial charge in [0.2, 0.25) is 0 Å². The van der Waals surface area contributed by atoms with Crippen molar-refractivity contribution in [2.45, 2.75) is 18.8 Å². The largest absolute Gasteiger partial charge is 0.339 e. The van der Waals surface area contributed by atoms with Gasteiger partial charge in [0.25, 0.3) is 0 Å². The van der Waals surface area contributed by atoms with Crippen LogP contribution in [0.3, 0.4) is 0 Å². The van der Waals surface area contributed by atoms with Crippen LogP contribution in [0.25, 0.3) is 16.8 Å². The van der Waals surface area contributed by atoms with Crippen molar-refractivity contribution < 1.29 is 0 Å². The highest BCUT2D eigenvalue weighted by molar-refractivity contribution is 5.78. The van der Waals surface area contributed by atoms with Gasteiger partial charge in [-0.05, 0) is 31.5 Å². The molecule has 1 fully saturated rings. The van der Waals surface area contributed by atoms with E-state index in [1.165, 1.54) is 0 Å². The minimum absolute atomic E-state index is 0.394. The van der Waals surface area contributed by atoms with Crippen molar-refractivity contribution in [3.8, 4) is 11.1 Å². The average molecular weight is 360 g/mol. The number of pyridine rings is 1. The summed E-state index contributed by atoms with van der Waals surface area (Å²) in [5.74, 6) is 1.27. The first-order valence-corrected chi connectivity index (χ1v) is 9.14. The molecule has 1 aliphatic heterocycles. The number of rotatable bonds is 4. The highest BCUT2D eigenvalue weighted by Crippen LogP contribution is 2.30. The van der Waals surface area contributed by atoms with Gasteiger partial charge < -0.3 is 10.6 Å². The van der Waals surface area contributed by atoms with Gasteiger partial charge in [0, 0.05) is 42.0 Å². The highest BCUT2D eigenvalue weighted by atomic mass is 15.3. The Labute approximate surface area is 156 Å². The van der Waals surface area contributed by atoms with Crippen LogP contribution in [-0.4, -0.2) is 42.9 Å². The summed E-state index contributed by atoms with van der Waals surface area (Å²) in [6, 6.07) is 6.00. The molecule has 1 aliphatic rings. The molecule has 0 saturated carbocycles. The number of hydrogen-bond donors (Lipinski definition) is 3. The van der Waals surface area contributed by atoms with Crippen LogP contribution in [-0.2, 0) is 0 Å². The van der Waals surface area contributed by atoms with Gasteiger partial charge in [0.15, 0.2) is 5.65 Å². The van der Waals surface area contributed by atoms with Crippen molar-refractivity contribution in [2.24, 2.45) is 0 Å². The Morgan fingerprint density at radius 3 is 3.00 bits per heavy atom. The number of fused-ring (bicyclic) bond motifs is 1. The van der Waals surface area contributed by atoms with Crippen molar-refractivity contribution in [1.82, 2.24) is 35.1 Å². The smallest absolute Gasteiger partial charge is 0.165 e. The van der Waals surface area contributed by atoms with Gasteiger partial charge in [-0.3, -0.25) is 10.1 Å². The van der Waals surface area contributed by atoms with Crippen LogP contribution in [0.5, 0.6) is 0 Å². The number of piperidine rings is 1. The molecule has 5 rings (SSSR count). The first kappa shape index (κ1) is 16.0. The fourth-order valence-corrected chi connectivity index (χ4v) is 3.57. The van der Waals surface area contributed by atoms with Crippen molar-refractivity contribution in [3.05, 3.63) is 54.9 Å². The summed E-state index contributed by atoms with van der Waals surface area (Å²) in [7, 11) is 0. The molecule has 1 saturated heterocycles. The van der Waals surface area contributed by atoms with E-state index < -0.39 is 0 Å². The summed E-state index contributed by atoms with van der Waals surface area (Å²) in [6.45, 7) is 2.02. The zero-order chi connectivity index (χ0) is 18.1. The minimum Gasteiger partial charge on any atom is -0.339 e. The third-order valence-electron chi connectivity index (χ3n) is 4.95. The van der Waals surface area contributed by atoms with E-state index in [1.807, 2.05) is 29.0 Å². The Bertz CT molecular complexity index is 1030. The maximum Gasteiger partial charge on any atom is 0.165 e. The highest BCUT2D eigenvalue weighted by Gasteiger charge is 2.21. The van der Waals surface area contributed by atoms with Gasteiger partial charge >= 0.3 is 0 Å². The van der Waals surface area contributed by atoms with Crippen molar-refractivity contribution in [1.29, 1.82) is 0 Å². The van der Waals surface area contributed by atoms with Crippen LogP contribution in [0.4, 0.5) is 11.5 Å². The average Bonchev–Trinajstić information content (AvgIpc) is 3.39. The third-order valence-corrected chi connectivity index (χ3v) is 4.95. The van der Waals surface area contributed by atoms with Crippen LogP contribution in [0, 0.1) is 0 Å². The first-order chi connectivity index (χ1) is 13.4. The molecule has 8 heteroatoms. The van der Waals surface area contributed by atoms with Crippen molar-refractivity contribution in [2.75, 3.05) is 18.4 Å². The zero-order valence-corrected chi connectivity index (χ0v) is 14.8. The molecular weight excluding hydrogens is 340 g/mol. The van der Waals surface area contributed by atoms with E-state index in [1.54, 1.807) is 18.6 Å². The SMILES string of the molecule is c1cncc(Nc2cc(C3CCCNC3)nc3c(-c4cn[nH]c4)cnn23)c1. The molecule has 8 nitrogen and oxygen atoms in total. The van der Waals surface area contributed by atoms with Crippen LogP contribution in [0.15, 0.2) is 49.2 Å². The predicted molar refractivity (Wildman–Crippen MR) is 103 cm³/mol. The predicted octanol–water partition coefficient (Wildman–Crippen LogP) is 2.73. The summed E-state index contributed by atoms with van der Waals surface area (Å²) >= 11 is 0. The zero-order valence-electron chi connectivity index (χ0n) is 14.8. The minimum atomic E-state index is 0.394. The lowest BCUT2D eigenvalue weighted by Gasteiger charge is -2.23. The molecule has 0 amide bonds. The summed E-state index contributed by atoms with van der Waals surface area (Å²) in [5, 5.41) is 18.4. The number of hydrogen-bond acceptors (Lipinski definition) is 6. The van der Waals surface area contributed by atoms with Gasteiger partial charge in [0.1, 0.15) is 5.82 Å². The molecule has 0 bridgehead atoms. The van der Waals surface area contributed by atoms with E-state index in [4.69, 9.17) is 4.98 Å². The molecule has 1 atom stereocenters. The second kappa shape index (κ2) is 6.81. The Hall–Kier alpha value is -3.26. The Morgan fingerprint density at radius 1 is 1.22 bits per heavy atom. The van der Waals surface area contributed by atoms with E-state index >= 15 is 0 Å². The molecule has 0 aliphatic carbocycles. The number of aromatic nitrogens is 6. The van der Waals surface area contributed by atoms with Crippen molar-refractivity contribution >= 4 is 17.2 Å². The molecule has 4 aromatic heterocycles. The second-order valence-corrected chi connectivity index (χ2v) is 6.76. The topological polar surface area (TPSA) is 95.8 Å². The van der Waals surface area contributed by atoms with Gasteiger partial charge in [-0.1, -0.05) is 0 Å². The third kappa shape index (κ3) is 3.04. The van der Waals surface area contributed by atoms with Gasteiger partial charge in [0.05, 0.1) is 30.0 Å². The van der Waals surface area contributed by atoms with Gasteiger partial charge in [-0.2, -0.15) is 14.7 Å². The quantitative estimate of drug-likeness (QED) is 0.518. The number of nitrogens with one attached hydrogen (secondary N) is 3. The summed E-state index contributed by atoms with van der Waals surface area (Å²) in [5.41, 5.74) is 4.75. The normalized spacial score (nSPS) is 17.3. The molecular formula is C19H20N8. The Kier molecular flexibility index (Phi) is 4.02. The van der Waals surface area contributed by atoms with Gasteiger partial charge in [-0.15, -0.1) is 0 Å². The molecule has 0 aromatic carbocycles. The van der Waals surface area contributed by atoms with E-state index in [0.717, 1.165) is 59.9 Å². The summed E-state index contributed by atoms with van der Waals surface area (Å²) < 4.78 is 1.84.